The summed E-state index contributed by atoms with van der Waals surface area (Å²) in [6.07, 6.45) is 0.579. The van der Waals surface area contributed by atoms with Crippen LogP contribution in [-0.2, 0) is 11.2 Å². The number of aliphatic carboxylic acids is 1. The van der Waals surface area contributed by atoms with E-state index in [1.54, 1.807) is 38.4 Å². The highest BCUT2D eigenvalue weighted by Gasteiger charge is 2.10. The standard InChI is InChI=1S/C20H22N2O5/c1-22(2)20(26)16-7-3-5-14(11-16)9-10-21-19(25)15-6-4-8-17(12-15)27-13-18(23)24/h3-8,11-12H,9-10,13H2,1-2H3,(H,21,25)(H,23,24). The van der Waals surface area contributed by atoms with Crippen molar-refractivity contribution >= 4 is 17.8 Å². The third-order valence-electron chi connectivity index (χ3n) is 3.74. The third-order valence-corrected chi connectivity index (χ3v) is 3.74. The number of nitrogens with one attached hydrogen (secondary N) is 1. The molecular formula is C20H22N2O5. The number of amides is 2. The molecule has 0 aromatic heterocycles. The number of rotatable bonds is 8. The first kappa shape index (κ1) is 20.0. The Bertz CT molecular complexity index is 833. The zero-order valence-corrected chi connectivity index (χ0v) is 15.3. The van der Waals surface area contributed by atoms with E-state index in [4.69, 9.17) is 9.84 Å². The van der Waals surface area contributed by atoms with Crippen LogP contribution in [0.3, 0.4) is 0 Å². The van der Waals surface area contributed by atoms with Gasteiger partial charge in [0.15, 0.2) is 6.61 Å². The molecule has 0 radical (unpaired) electrons. The van der Waals surface area contributed by atoms with E-state index < -0.39 is 12.6 Å². The van der Waals surface area contributed by atoms with Crippen molar-refractivity contribution in [1.82, 2.24) is 10.2 Å². The lowest BCUT2D eigenvalue weighted by Crippen LogP contribution is -2.26. The number of benzene rings is 2. The second-order valence-corrected chi connectivity index (χ2v) is 6.12. The Morgan fingerprint density at radius 3 is 2.44 bits per heavy atom. The molecule has 0 unspecified atom stereocenters. The molecule has 2 rings (SSSR count). The summed E-state index contributed by atoms with van der Waals surface area (Å²) < 4.78 is 5.07. The summed E-state index contributed by atoms with van der Waals surface area (Å²) in [6, 6.07) is 13.6. The van der Waals surface area contributed by atoms with Crippen LogP contribution in [0.25, 0.3) is 0 Å². The van der Waals surface area contributed by atoms with Crippen molar-refractivity contribution in [3.8, 4) is 5.75 Å². The van der Waals surface area contributed by atoms with Gasteiger partial charge in [0.25, 0.3) is 11.8 Å². The van der Waals surface area contributed by atoms with Gasteiger partial charge in [-0.3, -0.25) is 9.59 Å². The number of carboxylic acid groups (broad SMARTS) is 1. The number of hydrogen-bond donors (Lipinski definition) is 2. The van der Waals surface area contributed by atoms with Gasteiger partial charge in [-0.25, -0.2) is 4.79 Å². The SMILES string of the molecule is CN(C)C(=O)c1cccc(CCNC(=O)c2cccc(OCC(=O)O)c2)c1. The van der Waals surface area contributed by atoms with Gasteiger partial charge in [-0.05, 0) is 42.3 Å². The first-order valence-electron chi connectivity index (χ1n) is 8.40. The molecule has 7 nitrogen and oxygen atoms in total. The summed E-state index contributed by atoms with van der Waals surface area (Å²) in [5, 5.41) is 11.4. The van der Waals surface area contributed by atoms with Gasteiger partial charge >= 0.3 is 5.97 Å². The Labute approximate surface area is 157 Å². The lowest BCUT2D eigenvalue weighted by Gasteiger charge is -2.11. The molecule has 0 bridgehead atoms. The molecule has 27 heavy (non-hydrogen) atoms. The zero-order chi connectivity index (χ0) is 19.8. The molecule has 0 aliphatic rings. The maximum Gasteiger partial charge on any atom is 0.341 e. The summed E-state index contributed by atoms with van der Waals surface area (Å²) in [7, 11) is 3.40. The third kappa shape index (κ3) is 6.14. The minimum atomic E-state index is -1.08. The van der Waals surface area contributed by atoms with Gasteiger partial charge < -0.3 is 20.1 Å². The summed E-state index contributed by atoms with van der Waals surface area (Å²) in [5.74, 6) is -1.12. The second kappa shape index (κ2) is 9.38. The van der Waals surface area contributed by atoms with Gasteiger partial charge in [0.2, 0.25) is 0 Å². The Balaban J connectivity index is 1.91. The van der Waals surface area contributed by atoms with E-state index in [1.807, 2.05) is 18.2 Å². The van der Waals surface area contributed by atoms with Crippen LogP contribution in [0.4, 0.5) is 0 Å². The van der Waals surface area contributed by atoms with E-state index in [2.05, 4.69) is 5.32 Å². The Morgan fingerprint density at radius 1 is 1.04 bits per heavy atom. The van der Waals surface area contributed by atoms with E-state index >= 15 is 0 Å². The molecule has 2 aromatic carbocycles. The van der Waals surface area contributed by atoms with Crippen LogP contribution in [0.1, 0.15) is 26.3 Å². The van der Waals surface area contributed by atoms with E-state index in [0.29, 0.717) is 29.8 Å². The van der Waals surface area contributed by atoms with Gasteiger partial charge in [0, 0.05) is 31.8 Å². The van der Waals surface area contributed by atoms with E-state index in [1.165, 1.54) is 11.0 Å². The monoisotopic (exact) mass is 370 g/mol. The number of carbonyl (C=O) groups is 3. The lowest BCUT2D eigenvalue weighted by molar-refractivity contribution is -0.139. The summed E-state index contributed by atoms with van der Waals surface area (Å²) in [4.78, 5) is 36.3. The first-order valence-corrected chi connectivity index (χ1v) is 8.40. The maximum atomic E-state index is 12.2. The number of nitrogens with zero attached hydrogens (tertiary/aromatic N) is 1. The molecule has 0 fully saturated rings. The molecule has 142 valence electrons. The number of carboxylic acids is 1. The second-order valence-electron chi connectivity index (χ2n) is 6.12. The molecule has 2 N–H and O–H groups in total. The number of hydrogen-bond acceptors (Lipinski definition) is 4. The molecule has 2 amide bonds. The average Bonchev–Trinajstić information content (AvgIpc) is 2.66. The molecule has 0 aliphatic heterocycles. The van der Waals surface area contributed by atoms with Crippen LogP contribution in [0.2, 0.25) is 0 Å². The maximum absolute atomic E-state index is 12.2. The Hall–Kier alpha value is -3.35. The molecule has 7 heteroatoms. The predicted molar refractivity (Wildman–Crippen MR) is 100 cm³/mol. The molecule has 0 atom stereocenters. The van der Waals surface area contributed by atoms with Crippen LogP contribution in [-0.4, -0.2) is 55.0 Å². The molecule has 0 aliphatic carbocycles. The smallest absolute Gasteiger partial charge is 0.341 e. The van der Waals surface area contributed by atoms with Crippen molar-refractivity contribution in [2.75, 3.05) is 27.2 Å². The van der Waals surface area contributed by atoms with Crippen molar-refractivity contribution in [2.45, 2.75) is 6.42 Å². The number of ether oxygens (including phenoxy) is 1. The topological polar surface area (TPSA) is 95.9 Å². The van der Waals surface area contributed by atoms with Gasteiger partial charge in [-0.15, -0.1) is 0 Å². The quantitative estimate of drug-likeness (QED) is 0.739. The van der Waals surface area contributed by atoms with Crippen molar-refractivity contribution in [3.05, 3.63) is 65.2 Å². The van der Waals surface area contributed by atoms with Gasteiger partial charge in [0.05, 0.1) is 0 Å². The van der Waals surface area contributed by atoms with E-state index in [-0.39, 0.29) is 11.8 Å². The summed E-state index contributed by atoms with van der Waals surface area (Å²) in [5.41, 5.74) is 1.93. The van der Waals surface area contributed by atoms with Crippen LogP contribution in [0, 0.1) is 0 Å². The highest BCUT2D eigenvalue weighted by atomic mass is 16.5. The largest absolute Gasteiger partial charge is 0.482 e. The molecular weight excluding hydrogens is 348 g/mol. The van der Waals surface area contributed by atoms with Crippen LogP contribution in [0.15, 0.2) is 48.5 Å². The summed E-state index contributed by atoms with van der Waals surface area (Å²) >= 11 is 0. The van der Waals surface area contributed by atoms with Crippen LogP contribution in [0.5, 0.6) is 5.75 Å². The van der Waals surface area contributed by atoms with Crippen molar-refractivity contribution in [3.63, 3.8) is 0 Å². The van der Waals surface area contributed by atoms with Crippen molar-refractivity contribution in [2.24, 2.45) is 0 Å². The van der Waals surface area contributed by atoms with Crippen LogP contribution < -0.4 is 10.1 Å². The fraction of sp³-hybridized carbons (Fsp3) is 0.250. The van der Waals surface area contributed by atoms with Crippen molar-refractivity contribution in [1.29, 1.82) is 0 Å². The van der Waals surface area contributed by atoms with E-state index in [0.717, 1.165) is 5.56 Å². The van der Waals surface area contributed by atoms with Gasteiger partial charge in [0.1, 0.15) is 5.75 Å². The number of carbonyl (C=O) groups excluding carboxylic acids is 2. The zero-order valence-electron chi connectivity index (χ0n) is 15.3. The normalized spacial score (nSPS) is 10.1. The fourth-order valence-electron chi connectivity index (χ4n) is 2.41. The van der Waals surface area contributed by atoms with Gasteiger partial charge in [-0.2, -0.15) is 0 Å². The molecule has 2 aromatic rings. The Morgan fingerprint density at radius 2 is 1.74 bits per heavy atom. The van der Waals surface area contributed by atoms with Gasteiger partial charge in [-0.1, -0.05) is 18.2 Å². The average molecular weight is 370 g/mol. The highest BCUT2D eigenvalue weighted by molar-refractivity contribution is 5.95. The van der Waals surface area contributed by atoms with Crippen LogP contribution >= 0.6 is 0 Å². The highest BCUT2D eigenvalue weighted by Crippen LogP contribution is 2.13. The molecule has 0 heterocycles. The van der Waals surface area contributed by atoms with Crippen molar-refractivity contribution < 1.29 is 24.2 Å². The van der Waals surface area contributed by atoms with E-state index in [9.17, 15) is 14.4 Å². The predicted octanol–water partition coefficient (Wildman–Crippen LogP) is 1.82. The fourth-order valence-corrected chi connectivity index (χ4v) is 2.41. The molecule has 0 saturated carbocycles. The lowest BCUT2D eigenvalue weighted by atomic mass is 10.1. The summed E-state index contributed by atoms with van der Waals surface area (Å²) in [6.45, 7) is -0.0638. The minimum Gasteiger partial charge on any atom is -0.482 e. The first-order chi connectivity index (χ1) is 12.9. The Kier molecular flexibility index (Phi) is 6.93. The minimum absolute atomic E-state index is 0.0703. The molecule has 0 saturated heterocycles. The molecule has 0 spiro atoms.